The van der Waals surface area contributed by atoms with Gasteiger partial charge in [-0.3, -0.25) is 4.90 Å². The summed E-state index contributed by atoms with van der Waals surface area (Å²) in [6.07, 6.45) is 6.30. The Balaban J connectivity index is 2.08. The van der Waals surface area contributed by atoms with E-state index in [2.05, 4.69) is 13.0 Å². The van der Waals surface area contributed by atoms with Crippen LogP contribution in [0.5, 0.6) is 5.75 Å². The number of ether oxygens (including phenoxy) is 1. The van der Waals surface area contributed by atoms with Crippen molar-refractivity contribution in [3.8, 4) is 5.75 Å². The van der Waals surface area contributed by atoms with Crippen LogP contribution in [0.2, 0.25) is 0 Å². The minimum atomic E-state index is -0.340. The highest BCUT2D eigenvalue weighted by Gasteiger charge is 2.22. The highest BCUT2D eigenvalue weighted by atomic mass is 16.6. The van der Waals surface area contributed by atoms with Crippen LogP contribution in [0.4, 0.5) is 4.79 Å². The number of benzene rings is 1. The highest BCUT2D eigenvalue weighted by Crippen LogP contribution is 2.18. The maximum atomic E-state index is 12.1. The van der Waals surface area contributed by atoms with Crippen LogP contribution in [0.3, 0.4) is 0 Å². The second kappa shape index (κ2) is 5.54. The van der Waals surface area contributed by atoms with Gasteiger partial charge in [0.25, 0.3) is 0 Å². The SMILES string of the molecule is CCC1C=C(C)C=CN1C(=O)Oc1ccccc1. The van der Waals surface area contributed by atoms with Crippen molar-refractivity contribution in [2.24, 2.45) is 0 Å². The minimum Gasteiger partial charge on any atom is -0.410 e. The third kappa shape index (κ3) is 2.80. The molecule has 1 aromatic rings. The first kappa shape index (κ1) is 12.4. The van der Waals surface area contributed by atoms with Crippen molar-refractivity contribution in [2.75, 3.05) is 0 Å². The summed E-state index contributed by atoms with van der Waals surface area (Å²) in [5.74, 6) is 0.567. The van der Waals surface area contributed by atoms with Crippen molar-refractivity contribution in [1.29, 1.82) is 0 Å². The van der Waals surface area contributed by atoms with Crippen molar-refractivity contribution < 1.29 is 9.53 Å². The summed E-state index contributed by atoms with van der Waals surface area (Å²) in [6.45, 7) is 4.08. The number of nitrogens with zero attached hydrogens (tertiary/aromatic N) is 1. The monoisotopic (exact) mass is 243 g/mol. The van der Waals surface area contributed by atoms with Gasteiger partial charge in [-0.15, -0.1) is 0 Å². The van der Waals surface area contributed by atoms with Crippen LogP contribution in [0.1, 0.15) is 20.3 Å². The van der Waals surface area contributed by atoms with Crippen molar-refractivity contribution in [3.05, 3.63) is 54.3 Å². The summed E-state index contributed by atoms with van der Waals surface area (Å²) < 4.78 is 5.33. The highest BCUT2D eigenvalue weighted by molar-refractivity contribution is 5.73. The van der Waals surface area contributed by atoms with Gasteiger partial charge in [0.05, 0.1) is 6.04 Å². The van der Waals surface area contributed by atoms with Crippen molar-refractivity contribution in [1.82, 2.24) is 4.90 Å². The standard InChI is InChI=1S/C15H17NO2/c1-3-13-11-12(2)9-10-16(13)15(17)18-14-7-5-4-6-8-14/h4-11,13H,3H2,1-2H3. The zero-order valence-electron chi connectivity index (χ0n) is 10.7. The number of carbonyl (C=O) groups is 1. The van der Waals surface area contributed by atoms with Gasteiger partial charge in [-0.05, 0) is 31.6 Å². The lowest BCUT2D eigenvalue weighted by Crippen LogP contribution is -2.38. The number of allylic oxidation sites excluding steroid dienone is 2. The third-order valence-electron chi connectivity index (χ3n) is 2.89. The van der Waals surface area contributed by atoms with Crippen LogP contribution < -0.4 is 4.74 Å². The Hall–Kier alpha value is -2.03. The summed E-state index contributed by atoms with van der Waals surface area (Å²) in [4.78, 5) is 13.7. The summed E-state index contributed by atoms with van der Waals surface area (Å²) in [5, 5.41) is 0. The molecule has 1 aliphatic heterocycles. The largest absolute Gasteiger partial charge is 0.419 e. The summed E-state index contributed by atoms with van der Waals surface area (Å²) in [5.41, 5.74) is 1.17. The first-order chi connectivity index (χ1) is 8.70. The van der Waals surface area contributed by atoms with Crippen LogP contribution in [0.15, 0.2) is 54.3 Å². The molecule has 1 aliphatic rings. The molecule has 1 heterocycles. The lowest BCUT2D eigenvalue weighted by molar-refractivity contribution is 0.160. The van der Waals surface area contributed by atoms with Crippen LogP contribution in [-0.2, 0) is 0 Å². The zero-order chi connectivity index (χ0) is 13.0. The van der Waals surface area contributed by atoms with Crippen molar-refractivity contribution >= 4 is 6.09 Å². The molecule has 0 radical (unpaired) electrons. The Labute approximate surface area is 107 Å². The number of hydrogen-bond donors (Lipinski definition) is 0. The van der Waals surface area contributed by atoms with Gasteiger partial charge in [-0.2, -0.15) is 0 Å². The maximum absolute atomic E-state index is 12.1. The van der Waals surface area contributed by atoms with Gasteiger partial charge in [-0.25, -0.2) is 4.79 Å². The third-order valence-corrected chi connectivity index (χ3v) is 2.89. The summed E-state index contributed by atoms with van der Waals surface area (Å²) >= 11 is 0. The van der Waals surface area contributed by atoms with Gasteiger partial charge in [0.1, 0.15) is 5.75 Å². The number of carbonyl (C=O) groups excluding carboxylic acids is 1. The quantitative estimate of drug-likeness (QED) is 0.792. The van der Waals surface area contributed by atoms with E-state index in [0.29, 0.717) is 5.75 Å². The Morgan fingerprint density at radius 3 is 2.72 bits per heavy atom. The molecule has 1 unspecified atom stereocenters. The van der Waals surface area contributed by atoms with Gasteiger partial charge in [0, 0.05) is 6.20 Å². The van der Waals surface area contributed by atoms with Crippen molar-refractivity contribution in [2.45, 2.75) is 26.3 Å². The Kier molecular flexibility index (Phi) is 3.82. The van der Waals surface area contributed by atoms with E-state index < -0.39 is 0 Å². The molecule has 1 aromatic carbocycles. The first-order valence-electron chi connectivity index (χ1n) is 6.12. The van der Waals surface area contributed by atoms with E-state index in [-0.39, 0.29) is 12.1 Å². The first-order valence-corrected chi connectivity index (χ1v) is 6.12. The van der Waals surface area contributed by atoms with E-state index in [1.165, 1.54) is 5.57 Å². The lowest BCUT2D eigenvalue weighted by Gasteiger charge is -2.27. The predicted octanol–water partition coefficient (Wildman–Crippen LogP) is 3.74. The molecule has 3 heteroatoms. The smallest absolute Gasteiger partial charge is 0.410 e. The Bertz CT molecular complexity index is 477. The molecule has 0 aromatic heterocycles. The molecule has 0 fully saturated rings. The maximum Gasteiger partial charge on any atom is 0.419 e. The Morgan fingerprint density at radius 2 is 2.06 bits per heavy atom. The molecule has 94 valence electrons. The average molecular weight is 243 g/mol. The van der Waals surface area contributed by atoms with E-state index in [9.17, 15) is 4.79 Å². The number of para-hydroxylation sites is 1. The van der Waals surface area contributed by atoms with E-state index in [0.717, 1.165) is 6.42 Å². The fraction of sp³-hybridized carbons (Fsp3) is 0.267. The van der Waals surface area contributed by atoms with Crippen molar-refractivity contribution in [3.63, 3.8) is 0 Å². The summed E-state index contributed by atoms with van der Waals surface area (Å²) in [7, 11) is 0. The normalized spacial score (nSPS) is 18.4. The molecule has 1 amide bonds. The van der Waals surface area contributed by atoms with Gasteiger partial charge >= 0.3 is 6.09 Å². The second-order valence-electron chi connectivity index (χ2n) is 4.29. The lowest BCUT2D eigenvalue weighted by atomic mass is 10.1. The van der Waals surface area contributed by atoms with Crippen LogP contribution in [-0.4, -0.2) is 17.0 Å². The van der Waals surface area contributed by atoms with Crippen LogP contribution in [0.25, 0.3) is 0 Å². The van der Waals surface area contributed by atoms with Crippen LogP contribution in [0, 0.1) is 0 Å². The van der Waals surface area contributed by atoms with Gasteiger partial charge in [0.2, 0.25) is 0 Å². The topological polar surface area (TPSA) is 29.5 Å². The molecular formula is C15H17NO2. The number of amides is 1. The van der Waals surface area contributed by atoms with E-state index >= 15 is 0 Å². The molecule has 1 atom stereocenters. The molecule has 0 saturated carbocycles. The number of hydrogen-bond acceptors (Lipinski definition) is 2. The van der Waals surface area contributed by atoms with E-state index in [4.69, 9.17) is 4.74 Å². The number of rotatable bonds is 2. The molecule has 0 bridgehead atoms. The Morgan fingerprint density at radius 1 is 1.33 bits per heavy atom. The molecule has 0 saturated heterocycles. The summed E-state index contributed by atoms with van der Waals surface area (Å²) in [6, 6.07) is 9.19. The van der Waals surface area contributed by atoms with Gasteiger partial charge in [0.15, 0.2) is 0 Å². The molecule has 0 N–H and O–H groups in total. The second-order valence-corrected chi connectivity index (χ2v) is 4.29. The van der Waals surface area contributed by atoms with E-state index in [1.54, 1.807) is 23.2 Å². The molecule has 0 spiro atoms. The van der Waals surface area contributed by atoms with E-state index in [1.807, 2.05) is 31.2 Å². The predicted molar refractivity (Wildman–Crippen MR) is 71.3 cm³/mol. The minimum absolute atomic E-state index is 0.0752. The molecule has 0 aliphatic carbocycles. The fourth-order valence-electron chi connectivity index (χ4n) is 1.90. The fourth-order valence-corrected chi connectivity index (χ4v) is 1.90. The molecule has 3 nitrogen and oxygen atoms in total. The average Bonchev–Trinajstić information content (AvgIpc) is 2.39. The zero-order valence-corrected chi connectivity index (χ0v) is 10.7. The molecule has 18 heavy (non-hydrogen) atoms. The molecular weight excluding hydrogens is 226 g/mol. The molecule has 2 rings (SSSR count). The van der Waals surface area contributed by atoms with Gasteiger partial charge in [-0.1, -0.05) is 36.8 Å². The van der Waals surface area contributed by atoms with Gasteiger partial charge < -0.3 is 4.74 Å². The van der Waals surface area contributed by atoms with Crippen LogP contribution >= 0.6 is 0 Å².